The standard InChI is InChI=1S/C12H14BClNO6/c1-3-15(18)12(16)9-8(19-4-2)5-7(14)10-11(9)21-13(17)6-20-10/h5,17H,3-4,6H2,1-2H3/q-1. The third-order valence-electron chi connectivity index (χ3n) is 2.81. The second-order valence-electron chi connectivity index (χ2n) is 4.21. The smallest absolute Gasteiger partial charge is 0.563 e. The Morgan fingerprint density at radius 2 is 2.29 bits per heavy atom. The molecule has 1 aliphatic rings. The maximum absolute atomic E-state index is 12.2. The molecule has 0 bridgehead atoms. The number of carbonyl (C=O) groups is 1. The van der Waals surface area contributed by atoms with Crippen LogP contribution in [0.25, 0.3) is 0 Å². The molecule has 0 saturated heterocycles. The Morgan fingerprint density at radius 3 is 2.90 bits per heavy atom. The Balaban J connectivity index is 2.60. The molecule has 7 nitrogen and oxygen atoms in total. The van der Waals surface area contributed by atoms with Crippen LogP contribution >= 0.6 is 11.6 Å². The molecule has 0 atom stereocenters. The van der Waals surface area contributed by atoms with Crippen LogP contribution in [0.1, 0.15) is 24.2 Å². The molecule has 9 heteroatoms. The molecule has 1 aliphatic heterocycles. The molecule has 0 unspecified atom stereocenters. The summed E-state index contributed by atoms with van der Waals surface area (Å²) in [7, 11) is -1.25. The molecule has 1 N–H and O–H groups in total. The fraction of sp³-hybridized carbons (Fsp3) is 0.417. The third-order valence-corrected chi connectivity index (χ3v) is 3.09. The minimum Gasteiger partial charge on any atom is -0.756 e. The van der Waals surface area contributed by atoms with Crippen LogP contribution in [-0.4, -0.2) is 42.8 Å². The number of nitrogens with zero attached hydrogens (tertiary/aromatic N) is 1. The summed E-state index contributed by atoms with van der Waals surface area (Å²) < 4.78 is 15.8. The second kappa shape index (κ2) is 6.42. The van der Waals surface area contributed by atoms with Crippen molar-refractivity contribution in [2.75, 3.05) is 19.7 Å². The SMILES string of the molecule is CCOc1cc(Cl)c2c(c1C(=O)N([O-])CC)OB(O)CO2. The molecule has 0 saturated carbocycles. The predicted octanol–water partition coefficient (Wildman–Crippen LogP) is 1.49. The van der Waals surface area contributed by atoms with Gasteiger partial charge in [0, 0.05) is 12.6 Å². The first-order chi connectivity index (χ1) is 9.99. The second-order valence-corrected chi connectivity index (χ2v) is 4.61. The summed E-state index contributed by atoms with van der Waals surface area (Å²) in [6.07, 6.45) is 0. The quantitative estimate of drug-likeness (QED) is 0.669. The topological polar surface area (TPSA) is 91.3 Å². The fourth-order valence-electron chi connectivity index (χ4n) is 1.90. The van der Waals surface area contributed by atoms with Crippen molar-refractivity contribution in [3.63, 3.8) is 0 Å². The number of hydrogen-bond acceptors (Lipinski definition) is 6. The number of ether oxygens (including phenoxy) is 2. The molecule has 114 valence electrons. The minimum atomic E-state index is -1.25. The molecule has 21 heavy (non-hydrogen) atoms. The van der Waals surface area contributed by atoms with Crippen LogP contribution < -0.4 is 14.1 Å². The van der Waals surface area contributed by atoms with E-state index in [9.17, 15) is 15.0 Å². The number of amides is 1. The largest absolute Gasteiger partial charge is 0.756 e. The highest BCUT2D eigenvalue weighted by Crippen LogP contribution is 2.45. The summed E-state index contributed by atoms with van der Waals surface area (Å²) in [4.78, 5) is 12.2. The van der Waals surface area contributed by atoms with Crippen LogP contribution in [0, 0.1) is 5.21 Å². The Labute approximate surface area is 127 Å². The lowest BCUT2D eigenvalue weighted by molar-refractivity contribution is 0.0820. The molecule has 0 aliphatic carbocycles. The van der Waals surface area contributed by atoms with E-state index >= 15 is 0 Å². The van der Waals surface area contributed by atoms with Crippen LogP contribution in [0.15, 0.2) is 6.07 Å². The summed E-state index contributed by atoms with van der Waals surface area (Å²) in [5.74, 6) is -0.702. The van der Waals surface area contributed by atoms with E-state index in [4.69, 9.17) is 25.7 Å². The van der Waals surface area contributed by atoms with Crippen LogP contribution in [0.4, 0.5) is 0 Å². The van der Waals surface area contributed by atoms with Crippen molar-refractivity contribution in [1.29, 1.82) is 0 Å². The lowest BCUT2D eigenvalue weighted by Crippen LogP contribution is -2.36. The Kier molecular flexibility index (Phi) is 4.82. The third kappa shape index (κ3) is 3.02. The fourth-order valence-corrected chi connectivity index (χ4v) is 2.14. The number of carbonyl (C=O) groups excluding carboxylic acids is 1. The van der Waals surface area contributed by atoms with Crippen molar-refractivity contribution in [2.45, 2.75) is 13.8 Å². The van der Waals surface area contributed by atoms with E-state index in [-0.39, 0.29) is 52.6 Å². The molecule has 0 fully saturated rings. The van der Waals surface area contributed by atoms with E-state index in [1.807, 2.05) is 0 Å². The first-order valence-corrected chi connectivity index (χ1v) is 6.83. The number of hydrogen-bond donors (Lipinski definition) is 1. The van der Waals surface area contributed by atoms with Gasteiger partial charge in [0.15, 0.2) is 11.5 Å². The zero-order chi connectivity index (χ0) is 15.6. The number of hydroxylamine groups is 2. The maximum Gasteiger partial charge on any atom is 0.563 e. The number of fused-ring (bicyclic) bond motifs is 1. The molecule has 2 rings (SSSR count). The van der Waals surface area contributed by atoms with Crippen molar-refractivity contribution in [1.82, 2.24) is 5.06 Å². The van der Waals surface area contributed by atoms with Gasteiger partial charge in [0.25, 0.3) is 5.91 Å². The Morgan fingerprint density at radius 1 is 1.57 bits per heavy atom. The maximum atomic E-state index is 12.2. The monoisotopic (exact) mass is 314 g/mol. The summed E-state index contributed by atoms with van der Waals surface area (Å²) in [6, 6.07) is 1.39. The van der Waals surface area contributed by atoms with E-state index < -0.39 is 13.0 Å². The molecule has 1 aromatic carbocycles. The summed E-state index contributed by atoms with van der Waals surface area (Å²) >= 11 is 6.05. The average Bonchev–Trinajstić information content (AvgIpc) is 2.46. The van der Waals surface area contributed by atoms with Gasteiger partial charge >= 0.3 is 7.12 Å². The molecule has 0 radical (unpaired) electrons. The highest BCUT2D eigenvalue weighted by molar-refractivity contribution is 6.44. The summed E-state index contributed by atoms with van der Waals surface area (Å²) in [6.45, 7) is 3.38. The first-order valence-electron chi connectivity index (χ1n) is 6.45. The number of halogens is 1. The van der Waals surface area contributed by atoms with Crippen LogP contribution in [0.3, 0.4) is 0 Å². The average molecular weight is 315 g/mol. The van der Waals surface area contributed by atoms with Crippen molar-refractivity contribution >= 4 is 24.6 Å². The Hall–Kier alpha value is -1.64. The van der Waals surface area contributed by atoms with Gasteiger partial charge in [-0.25, -0.2) is 0 Å². The van der Waals surface area contributed by atoms with Crippen LogP contribution in [0.2, 0.25) is 5.02 Å². The molecular weight excluding hydrogens is 300 g/mol. The molecule has 0 aromatic heterocycles. The zero-order valence-electron chi connectivity index (χ0n) is 11.6. The van der Waals surface area contributed by atoms with Gasteiger partial charge in [0.2, 0.25) is 0 Å². The minimum absolute atomic E-state index is 0.0365. The molecular formula is C12H14BClNO6-. The van der Waals surface area contributed by atoms with E-state index in [0.29, 0.717) is 0 Å². The van der Waals surface area contributed by atoms with Gasteiger partial charge in [0.1, 0.15) is 17.8 Å². The van der Waals surface area contributed by atoms with Crippen molar-refractivity contribution in [3.05, 3.63) is 21.9 Å². The highest BCUT2D eigenvalue weighted by atomic mass is 35.5. The van der Waals surface area contributed by atoms with E-state index in [2.05, 4.69) is 0 Å². The van der Waals surface area contributed by atoms with Crippen LogP contribution in [-0.2, 0) is 0 Å². The summed E-state index contributed by atoms with van der Waals surface area (Å²) in [5.41, 5.74) is -0.105. The van der Waals surface area contributed by atoms with E-state index in [1.165, 1.54) is 6.07 Å². The molecule has 1 heterocycles. The summed E-state index contributed by atoms with van der Waals surface area (Å²) in [5, 5.41) is 21.6. The lowest BCUT2D eigenvalue weighted by atomic mass is 9.91. The van der Waals surface area contributed by atoms with E-state index in [1.54, 1.807) is 13.8 Å². The zero-order valence-corrected chi connectivity index (χ0v) is 12.3. The number of rotatable bonds is 4. The van der Waals surface area contributed by atoms with E-state index in [0.717, 1.165) is 0 Å². The van der Waals surface area contributed by atoms with Gasteiger partial charge in [-0.1, -0.05) is 11.6 Å². The van der Waals surface area contributed by atoms with Gasteiger partial charge in [0.05, 0.1) is 11.6 Å². The normalized spacial score (nSPS) is 13.1. The van der Waals surface area contributed by atoms with Crippen molar-refractivity contribution < 1.29 is 23.9 Å². The number of benzene rings is 1. The Bertz CT molecular complexity index is 555. The molecule has 1 amide bonds. The first kappa shape index (κ1) is 15.7. The van der Waals surface area contributed by atoms with Gasteiger partial charge < -0.3 is 29.4 Å². The van der Waals surface area contributed by atoms with Crippen molar-refractivity contribution in [3.8, 4) is 17.2 Å². The van der Waals surface area contributed by atoms with Crippen LogP contribution in [0.5, 0.6) is 17.2 Å². The molecule has 0 spiro atoms. The van der Waals surface area contributed by atoms with Gasteiger partial charge in [-0.05, 0) is 13.8 Å². The lowest BCUT2D eigenvalue weighted by Gasteiger charge is -2.30. The highest BCUT2D eigenvalue weighted by Gasteiger charge is 2.34. The van der Waals surface area contributed by atoms with Crippen molar-refractivity contribution in [2.24, 2.45) is 0 Å². The predicted molar refractivity (Wildman–Crippen MR) is 76.8 cm³/mol. The van der Waals surface area contributed by atoms with Gasteiger partial charge in [-0.3, -0.25) is 4.79 Å². The van der Waals surface area contributed by atoms with Gasteiger partial charge in [-0.2, -0.15) is 0 Å². The van der Waals surface area contributed by atoms with Gasteiger partial charge in [-0.15, -0.1) is 0 Å². The molecule has 1 aromatic rings.